The quantitative estimate of drug-likeness (QED) is 0.0147. The van der Waals surface area contributed by atoms with E-state index in [-0.39, 0.29) is 107 Å². The van der Waals surface area contributed by atoms with Crippen LogP contribution in [0.2, 0.25) is 0 Å². The van der Waals surface area contributed by atoms with Gasteiger partial charge in [-0.15, -0.1) is 0 Å². The second-order valence-corrected chi connectivity index (χ2v) is 31.0. The number of alkyl halides is 12. The molecule has 8 amide bonds. The Morgan fingerprint density at radius 2 is 0.523 bits per heavy atom. The number of nitrogens with one attached hydrogen (secondary N) is 12. The van der Waals surface area contributed by atoms with Crippen LogP contribution >= 0.6 is 0 Å². The van der Waals surface area contributed by atoms with E-state index in [1.165, 1.54) is 102 Å². The Hall–Kier alpha value is -12.3. The second kappa shape index (κ2) is 49.5. The van der Waals surface area contributed by atoms with Gasteiger partial charge in [-0.2, -0.15) is 52.7 Å². The molecule has 8 aromatic rings. The maximum Gasteiger partial charge on any atom is 0.416 e. The number of hydrogen-bond acceptors (Lipinski definition) is 24. The highest BCUT2D eigenvalue weighted by Gasteiger charge is 2.38. The normalized spacial score (nSPS) is 18.6. The summed E-state index contributed by atoms with van der Waals surface area (Å²) >= 11 is 0. The molecule has 4 aromatic carbocycles. The van der Waals surface area contributed by atoms with E-state index in [4.69, 9.17) is 38.6 Å². The molecule has 0 unspecified atom stereocenters. The van der Waals surface area contributed by atoms with Crippen LogP contribution in [0.1, 0.15) is 147 Å². The smallest absolute Gasteiger partial charge is 0.416 e. The van der Waals surface area contributed by atoms with Crippen molar-refractivity contribution in [3.05, 3.63) is 167 Å². The maximum absolute atomic E-state index is 13.1. The molecule has 12 rings (SSSR count). The zero-order valence-electron chi connectivity index (χ0n) is 72.2. The third-order valence-electron chi connectivity index (χ3n) is 21.0. The van der Waals surface area contributed by atoms with E-state index in [0.29, 0.717) is 189 Å². The molecule has 0 atom stereocenters. The molecule has 708 valence electrons. The second-order valence-electron chi connectivity index (χ2n) is 31.0. The number of halogens is 12. The van der Waals surface area contributed by atoms with Crippen LogP contribution in [-0.4, -0.2) is 190 Å². The summed E-state index contributed by atoms with van der Waals surface area (Å²) in [6, 6.07) is 19.1. The molecule has 4 aliphatic rings. The molecular weight excluding hydrogens is 1730 g/mol. The van der Waals surface area contributed by atoms with Gasteiger partial charge in [0.25, 0.3) is 0 Å². The number of rotatable bonds is 30. The Morgan fingerprint density at radius 1 is 0.315 bits per heavy atom. The number of aliphatic hydroxyl groups is 2. The summed E-state index contributed by atoms with van der Waals surface area (Å²) in [6.07, 6.45) is -1.48. The van der Waals surface area contributed by atoms with Crippen LogP contribution in [0.5, 0.6) is 23.5 Å². The average Bonchev–Trinajstić information content (AvgIpc) is 0.830. The number of amides is 8. The molecule has 0 spiro atoms. The van der Waals surface area contributed by atoms with Crippen molar-refractivity contribution in [2.75, 3.05) is 109 Å². The monoisotopic (exact) mass is 1840 g/mol. The minimum absolute atomic E-state index is 0.0157. The van der Waals surface area contributed by atoms with E-state index in [0.717, 1.165) is 24.3 Å². The van der Waals surface area contributed by atoms with Crippen LogP contribution in [0.4, 0.5) is 118 Å². The van der Waals surface area contributed by atoms with Crippen LogP contribution in [0, 0.1) is 27.7 Å². The molecular formula is C86H108F12N20O12. The molecule has 0 aliphatic heterocycles. The SMILES string of the molecule is COCCNc1cc(OC2CCC(NC(=O)Nc3ccc(C)c(C(F)(F)F)c3)CC2)ncn1.COCCNc1cc(OC2CCC(NC(=O)Nc3ccc(C)c(C(F)(F)F)c3)CC2)ncn1.Cc1ccc(NC(=O)NC2CCC(Oc3cc(NCCO)ncn3)CC2)cc1C(F)(F)F.Cc1ccc(NC(=O)NC2CCC(Oc3cc(NCCO)ncn3)CC2)cc1C(F)(F)F. The maximum atomic E-state index is 13.1. The van der Waals surface area contributed by atoms with Crippen molar-refractivity contribution in [3.63, 3.8) is 0 Å². The van der Waals surface area contributed by atoms with E-state index in [9.17, 15) is 71.9 Å². The first kappa shape index (κ1) is 101. The molecule has 0 saturated heterocycles. The van der Waals surface area contributed by atoms with Crippen molar-refractivity contribution in [1.29, 1.82) is 0 Å². The third kappa shape index (κ3) is 34.6. The minimum Gasteiger partial charge on any atom is -0.474 e. The fraction of sp³-hybridized carbons (Fsp3) is 0.488. The number of benzene rings is 4. The summed E-state index contributed by atoms with van der Waals surface area (Å²) in [6.45, 7) is 8.57. The van der Waals surface area contributed by atoms with E-state index >= 15 is 0 Å². The number of urea groups is 4. The Labute approximate surface area is 742 Å². The average molecular weight is 1840 g/mol. The van der Waals surface area contributed by atoms with E-state index in [1.807, 2.05) is 0 Å². The molecule has 4 aliphatic carbocycles. The number of aryl methyl sites for hydroxylation is 4. The van der Waals surface area contributed by atoms with E-state index in [2.05, 4.69) is 104 Å². The van der Waals surface area contributed by atoms with Gasteiger partial charge in [0.05, 0.1) is 48.7 Å². The fourth-order valence-corrected chi connectivity index (χ4v) is 14.3. The predicted molar refractivity (Wildman–Crippen MR) is 460 cm³/mol. The van der Waals surface area contributed by atoms with Crippen LogP contribution in [0.3, 0.4) is 0 Å². The molecule has 4 fully saturated rings. The highest BCUT2D eigenvalue weighted by atomic mass is 19.4. The molecule has 0 radical (unpaired) electrons. The van der Waals surface area contributed by atoms with Crippen LogP contribution in [-0.2, 0) is 34.2 Å². The summed E-state index contributed by atoms with van der Waals surface area (Å²) in [5, 5.41) is 51.1. The van der Waals surface area contributed by atoms with Gasteiger partial charge in [0, 0.05) is 112 Å². The number of methoxy groups -OCH3 is 2. The van der Waals surface area contributed by atoms with Crippen molar-refractivity contribution >= 4 is 70.1 Å². The third-order valence-corrected chi connectivity index (χ3v) is 21.0. The number of nitrogens with zero attached hydrogens (tertiary/aromatic N) is 8. The summed E-state index contributed by atoms with van der Waals surface area (Å²) in [5.41, 5.74) is -2.29. The van der Waals surface area contributed by atoms with Gasteiger partial charge in [-0.05, 0) is 201 Å². The van der Waals surface area contributed by atoms with Gasteiger partial charge >= 0.3 is 48.8 Å². The number of hydrogen-bond donors (Lipinski definition) is 14. The number of aliphatic hydroxyl groups excluding tert-OH is 2. The molecule has 130 heavy (non-hydrogen) atoms. The number of aromatic nitrogens is 8. The molecule has 32 nitrogen and oxygen atoms in total. The van der Waals surface area contributed by atoms with Crippen LogP contribution < -0.4 is 82.7 Å². The lowest BCUT2D eigenvalue weighted by molar-refractivity contribution is -0.138. The highest BCUT2D eigenvalue weighted by molar-refractivity contribution is 5.91. The fourth-order valence-electron chi connectivity index (χ4n) is 14.3. The first-order chi connectivity index (χ1) is 62.0. The number of carbonyl (C=O) groups excluding carboxylic acids is 4. The Balaban J connectivity index is 0.000000195. The first-order valence-corrected chi connectivity index (χ1v) is 42.1. The van der Waals surface area contributed by atoms with Crippen molar-refractivity contribution in [3.8, 4) is 23.5 Å². The van der Waals surface area contributed by atoms with E-state index < -0.39 is 71.1 Å². The first-order valence-electron chi connectivity index (χ1n) is 42.1. The zero-order valence-corrected chi connectivity index (χ0v) is 72.2. The summed E-state index contributed by atoms with van der Waals surface area (Å²) in [4.78, 5) is 81.9. The molecule has 0 bridgehead atoms. The van der Waals surface area contributed by atoms with Crippen molar-refractivity contribution in [2.45, 2.75) is 204 Å². The molecule has 4 aromatic heterocycles. The summed E-state index contributed by atoms with van der Waals surface area (Å²) in [7, 11) is 3.24. The number of carbonyl (C=O) groups is 4. The van der Waals surface area contributed by atoms with Crippen molar-refractivity contribution < 1.29 is 110 Å². The number of ether oxygens (including phenoxy) is 6. The van der Waals surface area contributed by atoms with Gasteiger partial charge < -0.3 is 102 Å². The molecule has 14 N–H and O–H groups in total. The van der Waals surface area contributed by atoms with Gasteiger partial charge in [0.2, 0.25) is 23.5 Å². The summed E-state index contributed by atoms with van der Waals surface area (Å²) in [5.74, 6) is 4.20. The topological polar surface area (TPSA) is 412 Å². The van der Waals surface area contributed by atoms with Crippen LogP contribution in [0.15, 0.2) is 122 Å². The van der Waals surface area contributed by atoms with Crippen molar-refractivity contribution in [1.82, 2.24) is 61.1 Å². The number of anilines is 8. The predicted octanol–water partition coefficient (Wildman–Crippen LogP) is 16.2. The zero-order chi connectivity index (χ0) is 94.0. The van der Waals surface area contributed by atoms with Crippen LogP contribution in [0.25, 0.3) is 0 Å². The van der Waals surface area contributed by atoms with Gasteiger partial charge in [-0.3, -0.25) is 0 Å². The van der Waals surface area contributed by atoms with E-state index in [1.54, 1.807) is 38.5 Å². The molecule has 44 heteroatoms. The Bertz CT molecular complexity index is 4600. The van der Waals surface area contributed by atoms with Gasteiger partial charge in [0.15, 0.2) is 0 Å². The lowest BCUT2D eigenvalue weighted by Crippen LogP contribution is -2.41. The summed E-state index contributed by atoms with van der Waals surface area (Å²) < 4.78 is 190. The lowest BCUT2D eigenvalue weighted by Gasteiger charge is -2.29. The lowest BCUT2D eigenvalue weighted by atomic mass is 9.93. The van der Waals surface area contributed by atoms with Gasteiger partial charge in [0.1, 0.15) is 73.0 Å². The highest BCUT2D eigenvalue weighted by Crippen LogP contribution is 2.39. The molecule has 4 heterocycles. The minimum atomic E-state index is -4.48. The Morgan fingerprint density at radius 3 is 0.715 bits per heavy atom. The van der Waals surface area contributed by atoms with Gasteiger partial charge in [-0.1, -0.05) is 24.3 Å². The van der Waals surface area contributed by atoms with Gasteiger partial charge in [-0.25, -0.2) is 59.0 Å². The largest absolute Gasteiger partial charge is 0.474 e. The standard InChI is InChI=1S/2C22H28F3N5O3.2C21H26F3N5O3/c2*1-14-3-4-16(11-18(14)22(23,24)25)30-21(31)29-15-5-7-17(8-6-15)33-20-12-19(27-13-28-20)26-9-10-32-2;2*1-13-2-3-15(10-17(13)21(22,23)24)29-20(31)28-14-4-6-16(7-5-14)32-19-11-18(25-8-9-30)26-12-27-19/h2*3-4,11-13,15,17H,5-10H2,1-2H3,(H,26,27,28)(H2,29,30,31);2*2-3,10-12,14,16,30H,4-9H2,1H3,(H,25,26,27)(H2,28,29,31). The Kier molecular flexibility index (Phi) is 38.6. The van der Waals surface area contributed by atoms with Crippen molar-refractivity contribution in [2.24, 2.45) is 0 Å². The molecule has 4 saturated carbocycles.